The molecule has 3 unspecified atom stereocenters. The van der Waals surface area contributed by atoms with Crippen molar-refractivity contribution in [3.8, 4) is 0 Å². The van der Waals surface area contributed by atoms with Crippen molar-refractivity contribution in [2.24, 2.45) is 0 Å². The Kier molecular flexibility index (Phi) is 39.9. The smallest absolute Gasteiger partial charge is 0.457 e. The van der Waals surface area contributed by atoms with Crippen LogP contribution < -0.4 is 0 Å². The number of aliphatic hydroxyl groups is 2. The van der Waals surface area contributed by atoms with Crippen molar-refractivity contribution in [1.82, 2.24) is 0 Å². The van der Waals surface area contributed by atoms with Gasteiger partial charge in [-0.15, -0.1) is 0 Å². The third kappa shape index (κ3) is 40.1. The van der Waals surface area contributed by atoms with Crippen molar-refractivity contribution in [2.45, 2.75) is 193 Å². The summed E-state index contributed by atoms with van der Waals surface area (Å²) in [6, 6.07) is 0. The molecule has 0 heterocycles. The number of carbonyl (C=O) groups excluding carboxylic acids is 1. The van der Waals surface area contributed by atoms with Crippen LogP contribution in [0.5, 0.6) is 0 Å². The molecule has 0 aliphatic carbocycles. The molecule has 316 valence electrons. The quantitative estimate of drug-likeness (QED) is 0.0240. The van der Waals surface area contributed by atoms with Crippen LogP contribution in [0.25, 0.3) is 0 Å². The lowest BCUT2D eigenvalue weighted by Gasteiger charge is -2.20. The molecule has 3 atom stereocenters. The van der Waals surface area contributed by atoms with Gasteiger partial charge in [-0.1, -0.05) is 172 Å². The van der Waals surface area contributed by atoms with Gasteiger partial charge >= 0.3 is 13.8 Å². The van der Waals surface area contributed by atoms with E-state index in [0.717, 1.165) is 77.0 Å². The summed E-state index contributed by atoms with van der Waals surface area (Å²) in [7, 11) is -4.52. The van der Waals surface area contributed by atoms with Crippen LogP contribution in [0, 0.1) is 0 Å². The Labute approximate surface area is 330 Å². The van der Waals surface area contributed by atoms with E-state index in [0.29, 0.717) is 6.61 Å². The molecule has 0 aromatic carbocycles. The molecule has 0 aromatic heterocycles. The molecule has 54 heavy (non-hydrogen) atoms. The molecule has 0 amide bonds. The van der Waals surface area contributed by atoms with Crippen LogP contribution in [0.2, 0.25) is 0 Å². The number of unbranched alkanes of at least 4 members (excludes halogenated alkanes) is 19. The molecule has 9 nitrogen and oxygen atoms in total. The summed E-state index contributed by atoms with van der Waals surface area (Å²) >= 11 is 0. The van der Waals surface area contributed by atoms with Crippen LogP contribution >= 0.6 is 7.82 Å². The molecular formula is C44H81O9P. The van der Waals surface area contributed by atoms with Crippen LogP contribution in [-0.2, 0) is 27.9 Å². The molecule has 3 N–H and O–H groups in total. The summed E-state index contributed by atoms with van der Waals surface area (Å²) in [5.74, 6) is -0.391. The fourth-order valence-corrected chi connectivity index (χ4v) is 6.55. The summed E-state index contributed by atoms with van der Waals surface area (Å²) in [4.78, 5) is 22.6. The summed E-state index contributed by atoms with van der Waals surface area (Å²) < 4.78 is 33.3. The van der Waals surface area contributed by atoms with E-state index in [9.17, 15) is 19.4 Å². The van der Waals surface area contributed by atoms with E-state index in [1.807, 2.05) is 0 Å². The predicted octanol–water partition coefficient (Wildman–Crippen LogP) is 11.8. The minimum Gasteiger partial charge on any atom is -0.457 e. The van der Waals surface area contributed by atoms with Gasteiger partial charge in [-0.2, -0.15) is 0 Å². The van der Waals surface area contributed by atoms with Crippen LogP contribution in [0.4, 0.5) is 0 Å². The molecule has 0 rings (SSSR count). The molecule has 0 aliphatic heterocycles. The molecule has 0 aromatic rings. The van der Waals surface area contributed by atoms with Crippen LogP contribution in [0.3, 0.4) is 0 Å². The number of ether oxygens (including phenoxy) is 2. The zero-order chi connectivity index (χ0) is 39.6. The number of allylic oxidation sites excluding steroid dienone is 8. The molecule has 0 aliphatic rings. The van der Waals surface area contributed by atoms with Gasteiger partial charge in [0.15, 0.2) is 0 Å². The second-order valence-corrected chi connectivity index (χ2v) is 15.8. The van der Waals surface area contributed by atoms with E-state index in [2.05, 4.69) is 62.5 Å². The normalized spacial score (nSPS) is 14.5. The first-order chi connectivity index (χ1) is 26.3. The standard InChI is InChI=1S/C44H81O9P/c1-3-5-7-9-11-13-15-17-18-19-20-21-22-23-24-25-26-28-30-32-34-36-44(47)53-43(41-52-54(48,49)51-39-42(46)38-45)40-50-37-35-33-31-29-27-16-14-12-10-8-6-4-2/h5,7,11,13,17-18,20-21,42-43,45-46H,3-4,6,8-10,12,14-16,19,22-41H2,1-2H3,(H,48,49)/b7-5-,13-11-,18-17-,21-20-. The molecule has 0 radical (unpaired) electrons. The molecular weight excluding hydrogens is 703 g/mol. The first kappa shape index (κ1) is 52.4. The first-order valence-electron chi connectivity index (χ1n) is 21.6. The summed E-state index contributed by atoms with van der Waals surface area (Å²) in [6.07, 6.45) is 44.9. The summed E-state index contributed by atoms with van der Waals surface area (Å²) in [6.45, 7) is 3.40. The second kappa shape index (κ2) is 41.1. The highest BCUT2D eigenvalue weighted by Crippen LogP contribution is 2.43. The van der Waals surface area contributed by atoms with Crippen molar-refractivity contribution in [2.75, 3.05) is 33.0 Å². The Morgan fingerprint density at radius 3 is 1.59 bits per heavy atom. The van der Waals surface area contributed by atoms with Gasteiger partial charge in [0, 0.05) is 13.0 Å². The van der Waals surface area contributed by atoms with Gasteiger partial charge in [0.05, 0.1) is 26.4 Å². The van der Waals surface area contributed by atoms with Gasteiger partial charge in [0.2, 0.25) is 0 Å². The number of aliphatic hydroxyl groups excluding tert-OH is 2. The number of hydrogen-bond acceptors (Lipinski definition) is 8. The van der Waals surface area contributed by atoms with Gasteiger partial charge in [-0.3, -0.25) is 13.8 Å². The van der Waals surface area contributed by atoms with Crippen molar-refractivity contribution >= 4 is 13.8 Å². The summed E-state index contributed by atoms with van der Waals surface area (Å²) in [5, 5.41) is 18.3. The van der Waals surface area contributed by atoms with Crippen molar-refractivity contribution in [3.05, 3.63) is 48.6 Å². The minimum absolute atomic E-state index is 0.0469. The minimum atomic E-state index is -4.52. The molecule has 0 bridgehead atoms. The molecule has 0 fully saturated rings. The highest BCUT2D eigenvalue weighted by molar-refractivity contribution is 7.47. The average Bonchev–Trinajstić information content (AvgIpc) is 3.16. The number of rotatable bonds is 41. The van der Waals surface area contributed by atoms with E-state index in [1.54, 1.807) is 0 Å². The van der Waals surface area contributed by atoms with E-state index in [-0.39, 0.29) is 19.6 Å². The first-order valence-corrected chi connectivity index (χ1v) is 23.1. The van der Waals surface area contributed by atoms with Gasteiger partial charge < -0.3 is 24.6 Å². The van der Waals surface area contributed by atoms with Gasteiger partial charge in [-0.05, 0) is 51.4 Å². The predicted molar refractivity (Wildman–Crippen MR) is 223 cm³/mol. The number of phosphoric acid groups is 1. The maximum absolute atomic E-state index is 12.6. The average molecular weight is 785 g/mol. The van der Waals surface area contributed by atoms with Gasteiger partial charge in [0.25, 0.3) is 0 Å². The van der Waals surface area contributed by atoms with E-state index in [1.165, 1.54) is 83.5 Å². The third-order valence-electron chi connectivity index (χ3n) is 9.03. The highest BCUT2D eigenvalue weighted by Gasteiger charge is 2.26. The Bertz CT molecular complexity index is 981. The van der Waals surface area contributed by atoms with E-state index in [4.69, 9.17) is 23.6 Å². The van der Waals surface area contributed by atoms with Gasteiger partial charge in [0.1, 0.15) is 12.2 Å². The Morgan fingerprint density at radius 2 is 1.06 bits per heavy atom. The van der Waals surface area contributed by atoms with E-state index < -0.39 is 39.2 Å². The summed E-state index contributed by atoms with van der Waals surface area (Å²) in [5.41, 5.74) is 0. The number of phosphoric ester groups is 1. The van der Waals surface area contributed by atoms with Gasteiger partial charge in [-0.25, -0.2) is 4.57 Å². The third-order valence-corrected chi connectivity index (χ3v) is 9.98. The Hall–Kier alpha value is -1.58. The fourth-order valence-electron chi connectivity index (χ4n) is 5.76. The lowest BCUT2D eigenvalue weighted by atomic mass is 10.1. The largest absolute Gasteiger partial charge is 0.472 e. The van der Waals surface area contributed by atoms with Crippen LogP contribution in [0.1, 0.15) is 181 Å². The van der Waals surface area contributed by atoms with E-state index >= 15 is 0 Å². The van der Waals surface area contributed by atoms with Crippen molar-refractivity contribution in [1.29, 1.82) is 0 Å². The monoisotopic (exact) mass is 785 g/mol. The van der Waals surface area contributed by atoms with Crippen molar-refractivity contribution < 1.29 is 43.0 Å². The Morgan fingerprint density at radius 1 is 0.593 bits per heavy atom. The molecule has 0 saturated carbocycles. The SMILES string of the molecule is CC/C=C\C/C=C\C/C=C\C/C=C\CCCCCCCCCCC(=O)OC(COCCCCCCCCCCCCCC)COP(=O)(O)OCC(O)CO. The fraction of sp³-hybridized carbons (Fsp3) is 0.795. The number of esters is 1. The maximum atomic E-state index is 12.6. The topological polar surface area (TPSA) is 132 Å². The lowest BCUT2D eigenvalue weighted by molar-refractivity contribution is -0.154. The molecule has 10 heteroatoms. The number of carbonyl (C=O) groups is 1. The highest BCUT2D eigenvalue weighted by atomic mass is 31.2. The van der Waals surface area contributed by atoms with Crippen LogP contribution in [0.15, 0.2) is 48.6 Å². The lowest BCUT2D eigenvalue weighted by Crippen LogP contribution is -2.29. The molecule has 0 spiro atoms. The molecule has 0 saturated heterocycles. The Balaban J connectivity index is 4.15. The van der Waals surface area contributed by atoms with Crippen LogP contribution in [-0.4, -0.2) is 66.3 Å². The number of hydrogen-bond donors (Lipinski definition) is 3. The van der Waals surface area contributed by atoms with Crippen molar-refractivity contribution in [3.63, 3.8) is 0 Å². The maximum Gasteiger partial charge on any atom is 0.472 e. The zero-order valence-corrected chi connectivity index (χ0v) is 35.3. The zero-order valence-electron chi connectivity index (χ0n) is 34.4. The second-order valence-electron chi connectivity index (χ2n) is 14.3.